The summed E-state index contributed by atoms with van der Waals surface area (Å²) >= 11 is 0. The standard InChI is InChI=1S/C12H20N6O2/c1-17-11-10(9-14-17)12(19)18(16-15-11)7-4-3-5-13-6-8-20-2/h9,13H,3-8H2,1-2H3. The van der Waals surface area contributed by atoms with Gasteiger partial charge in [0.15, 0.2) is 5.65 Å². The zero-order valence-electron chi connectivity index (χ0n) is 11.9. The number of nitrogens with one attached hydrogen (secondary N) is 1. The van der Waals surface area contributed by atoms with E-state index in [1.807, 2.05) is 0 Å². The van der Waals surface area contributed by atoms with Crippen LogP contribution in [-0.4, -0.2) is 51.6 Å². The minimum atomic E-state index is -0.129. The van der Waals surface area contributed by atoms with Crippen LogP contribution in [0.4, 0.5) is 0 Å². The Morgan fingerprint density at radius 1 is 1.35 bits per heavy atom. The van der Waals surface area contributed by atoms with Gasteiger partial charge in [0.2, 0.25) is 0 Å². The molecule has 0 aliphatic heterocycles. The lowest BCUT2D eigenvalue weighted by atomic mass is 10.3. The summed E-state index contributed by atoms with van der Waals surface area (Å²) in [6, 6.07) is 0. The molecule has 0 amide bonds. The van der Waals surface area contributed by atoms with Crippen LogP contribution in [0.15, 0.2) is 11.0 Å². The van der Waals surface area contributed by atoms with Crippen LogP contribution in [-0.2, 0) is 18.3 Å². The maximum absolute atomic E-state index is 12.1. The maximum atomic E-state index is 12.1. The Morgan fingerprint density at radius 2 is 2.20 bits per heavy atom. The molecule has 1 N–H and O–H groups in total. The number of rotatable bonds is 8. The van der Waals surface area contributed by atoms with Crippen LogP contribution in [0.25, 0.3) is 11.0 Å². The normalized spacial score (nSPS) is 11.3. The Bertz CT molecular complexity index is 606. The van der Waals surface area contributed by atoms with Crippen molar-refractivity contribution in [3.05, 3.63) is 16.6 Å². The second kappa shape index (κ2) is 7.11. The zero-order valence-corrected chi connectivity index (χ0v) is 11.9. The van der Waals surface area contributed by atoms with E-state index in [-0.39, 0.29) is 5.56 Å². The molecule has 2 aromatic rings. The molecule has 8 heteroatoms. The van der Waals surface area contributed by atoms with Crippen molar-refractivity contribution in [1.82, 2.24) is 30.1 Å². The first-order valence-corrected chi connectivity index (χ1v) is 6.69. The highest BCUT2D eigenvalue weighted by molar-refractivity contribution is 5.72. The molecule has 2 heterocycles. The summed E-state index contributed by atoms with van der Waals surface area (Å²) < 4.78 is 7.89. The van der Waals surface area contributed by atoms with E-state index in [0.717, 1.165) is 25.9 Å². The van der Waals surface area contributed by atoms with E-state index in [0.29, 0.717) is 24.2 Å². The molecule has 0 aliphatic rings. The van der Waals surface area contributed by atoms with Crippen molar-refractivity contribution in [3.8, 4) is 0 Å². The summed E-state index contributed by atoms with van der Waals surface area (Å²) in [5.74, 6) is 0. The van der Waals surface area contributed by atoms with Gasteiger partial charge in [-0.2, -0.15) is 5.10 Å². The van der Waals surface area contributed by atoms with Crippen molar-refractivity contribution >= 4 is 11.0 Å². The molecule has 0 atom stereocenters. The van der Waals surface area contributed by atoms with Crippen LogP contribution in [0.3, 0.4) is 0 Å². The summed E-state index contributed by atoms with van der Waals surface area (Å²) in [6.07, 6.45) is 3.39. The fraction of sp³-hybridized carbons (Fsp3) is 0.667. The first-order chi connectivity index (χ1) is 9.74. The SMILES string of the molecule is COCCNCCCCn1nnc2c(cnn2C)c1=O. The van der Waals surface area contributed by atoms with E-state index < -0.39 is 0 Å². The number of ether oxygens (including phenoxy) is 1. The van der Waals surface area contributed by atoms with E-state index in [9.17, 15) is 4.79 Å². The van der Waals surface area contributed by atoms with Crippen LogP contribution in [0, 0.1) is 0 Å². The maximum Gasteiger partial charge on any atom is 0.280 e. The third-order valence-electron chi connectivity index (χ3n) is 3.08. The Hall–Kier alpha value is -1.80. The van der Waals surface area contributed by atoms with Crippen molar-refractivity contribution in [3.63, 3.8) is 0 Å². The molecule has 2 rings (SSSR count). The quantitative estimate of drug-likeness (QED) is 0.659. The first kappa shape index (κ1) is 14.6. The average molecular weight is 280 g/mol. The molecule has 2 aromatic heterocycles. The molecule has 0 bridgehead atoms. The first-order valence-electron chi connectivity index (χ1n) is 6.69. The minimum absolute atomic E-state index is 0.129. The highest BCUT2D eigenvalue weighted by Gasteiger charge is 2.08. The van der Waals surface area contributed by atoms with Gasteiger partial charge in [0.25, 0.3) is 5.56 Å². The van der Waals surface area contributed by atoms with Crippen molar-refractivity contribution in [2.45, 2.75) is 19.4 Å². The molecule has 0 spiro atoms. The smallest absolute Gasteiger partial charge is 0.280 e. The van der Waals surface area contributed by atoms with Gasteiger partial charge in [0.05, 0.1) is 12.8 Å². The third kappa shape index (κ3) is 3.40. The number of fused-ring (bicyclic) bond motifs is 1. The van der Waals surface area contributed by atoms with E-state index in [1.54, 1.807) is 18.8 Å². The number of methoxy groups -OCH3 is 1. The fourth-order valence-corrected chi connectivity index (χ4v) is 1.93. The number of aryl methyl sites for hydroxylation is 2. The molecular formula is C12H20N6O2. The molecule has 0 fully saturated rings. The van der Waals surface area contributed by atoms with Gasteiger partial charge in [-0.05, 0) is 19.4 Å². The molecular weight excluding hydrogens is 260 g/mol. The number of unbranched alkanes of at least 4 members (excludes halogenated alkanes) is 1. The molecule has 0 saturated heterocycles. The number of nitrogens with zero attached hydrogens (tertiary/aromatic N) is 5. The second-order valence-corrected chi connectivity index (χ2v) is 4.57. The van der Waals surface area contributed by atoms with Gasteiger partial charge in [-0.1, -0.05) is 5.21 Å². The van der Waals surface area contributed by atoms with Crippen LogP contribution < -0.4 is 10.9 Å². The lowest BCUT2D eigenvalue weighted by Gasteiger charge is -2.05. The third-order valence-corrected chi connectivity index (χ3v) is 3.08. The van der Waals surface area contributed by atoms with Gasteiger partial charge in [-0.3, -0.25) is 4.79 Å². The molecule has 0 aliphatic carbocycles. The van der Waals surface area contributed by atoms with Crippen molar-refractivity contribution < 1.29 is 4.74 Å². The van der Waals surface area contributed by atoms with Crippen LogP contribution in [0.1, 0.15) is 12.8 Å². The van der Waals surface area contributed by atoms with Crippen LogP contribution >= 0.6 is 0 Å². The minimum Gasteiger partial charge on any atom is -0.383 e. The predicted octanol–water partition coefficient (Wildman–Crippen LogP) is -0.459. The molecule has 8 nitrogen and oxygen atoms in total. The summed E-state index contributed by atoms with van der Waals surface area (Å²) in [5, 5.41) is 15.7. The van der Waals surface area contributed by atoms with E-state index in [1.165, 1.54) is 10.9 Å². The van der Waals surface area contributed by atoms with Crippen LogP contribution in [0.2, 0.25) is 0 Å². The number of hydrogen-bond donors (Lipinski definition) is 1. The van der Waals surface area contributed by atoms with Gasteiger partial charge in [0, 0.05) is 27.2 Å². The van der Waals surface area contributed by atoms with E-state index in [4.69, 9.17) is 4.74 Å². The fourth-order valence-electron chi connectivity index (χ4n) is 1.93. The molecule has 110 valence electrons. The largest absolute Gasteiger partial charge is 0.383 e. The topological polar surface area (TPSA) is 86.9 Å². The lowest BCUT2D eigenvalue weighted by Crippen LogP contribution is -2.25. The molecule has 0 saturated carbocycles. The van der Waals surface area contributed by atoms with Crippen molar-refractivity contribution in [2.24, 2.45) is 7.05 Å². The van der Waals surface area contributed by atoms with Crippen molar-refractivity contribution in [2.75, 3.05) is 26.8 Å². The molecule has 0 aromatic carbocycles. The van der Waals surface area contributed by atoms with E-state index in [2.05, 4.69) is 20.7 Å². The lowest BCUT2D eigenvalue weighted by molar-refractivity contribution is 0.199. The zero-order chi connectivity index (χ0) is 14.4. The Labute approximate surface area is 116 Å². The average Bonchev–Trinajstić information content (AvgIpc) is 2.82. The Kier molecular flexibility index (Phi) is 5.19. The highest BCUT2D eigenvalue weighted by atomic mass is 16.5. The Morgan fingerprint density at radius 3 is 3.00 bits per heavy atom. The second-order valence-electron chi connectivity index (χ2n) is 4.57. The molecule has 0 radical (unpaired) electrons. The summed E-state index contributed by atoms with van der Waals surface area (Å²) in [5.41, 5.74) is 0.392. The number of hydrogen-bond acceptors (Lipinski definition) is 6. The monoisotopic (exact) mass is 280 g/mol. The highest BCUT2D eigenvalue weighted by Crippen LogP contribution is 2.02. The molecule has 0 unspecified atom stereocenters. The summed E-state index contributed by atoms with van der Waals surface area (Å²) in [4.78, 5) is 12.1. The van der Waals surface area contributed by atoms with Gasteiger partial charge in [-0.15, -0.1) is 5.10 Å². The van der Waals surface area contributed by atoms with Gasteiger partial charge in [-0.25, -0.2) is 9.36 Å². The molecule has 20 heavy (non-hydrogen) atoms. The van der Waals surface area contributed by atoms with Gasteiger partial charge >= 0.3 is 0 Å². The number of aromatic nitrogens is 5. The summed E-state index contributed by atoms with van der Waals surface area (Å²) in [6.45, 7) is 3.03. The predicted molar refractivity (Wildman–Crippen MR) is 74.5 cm³/mol. The van der Waals surface area contributed by atoms with E-state index >= 15 is 0 Å². The summed E-state index contributed by atoms with van der Waals surface area (Å²) in [7, 11) is 3.42. The van der Waals surface area contributed by atoms with Gasteiger partial charge in [0.1, 0.15) is 5.39 Å². The van der Waals surface area contributed by atoms with Crippen molar-refractivity contribution in [1.29, 1.82) is 0 Å². The van der Waals surface area contributed by atoms with Gasteiger partial charge < -0.3 is 10.1 Å². The van der Waals surface area contributed by atoms with Crippen LogP contribution in [0.5, 0.6) is 0 Å². The Balaban J connectivity index is 1.84.